The fourth-order valence-corrected chi connectivity index (χ4v) is 10.9. The Morgan fingerprint density at radius 1 is 0.388 bits per heavy atom. The molecule has 7 aliphatic carbocycles. The molecule has 2 heteroatoms. The quantitative estimate of drug-likeness (QED) is 0.193. The van der Waals surface area contributed by atoms with Gasteiger partial charge in [-0.3, -0.25) is 9.97 Å². The van der Waals surface area contributed by atoms with Gasteiger partial charge in [0.25, 0.3) is 0 Å². The van der Waals surface area contributed by atoms with E-state index in [0.29, 0.717) is 11.8 Å². The van der Waals surface area contributed by atoms with E-state index in [1.807, 2.05) is 0 Å². The van der Waals surface area contributed by atoms with Gasteiger partial charge in [-0.25, -0.2) is 0 Å². The maximum Gasteiger partial charge on any atom is 0.106 e. The molecule has 13 rings (SSSR count). The lowest BCUT2D eigenvalue weighted by Crippen LogP contribution is -2.31. The Hall–Kier alpha value is -4.82. The number of aromatic nitrogens is 2. The molecule has 2 fully saturated rings. The summed E-state index contributed by atoms with van der Waals surface area (Å²) in [4.78, 5) is 11.3. The third-order valence-electron chi connectivity index (χ3n) is 13.2. The van der Waals surface area contributed by atoms with Crippen molar-refractivity contribution in [3.8, 4) is 33.6 Å². The highest BCUT2D eigenvalue weighted by molar-refractivity contribution is 5.85. The van der Waals surface area contributed by atoms with Gasteiger partial charge in [-0.1, -0.05) is 84.9 Å². The lowest BCUT2D eigenvalue weighted by Gasteiger charge is -2.38. The van der Waals surface area contributed by atoms with Crippen molar-refractivity contribution in [3.63, 3.8) is 0 Å². The molecule has 6 aromatic rings. The fraction of sp³-hybridized carbons (Fsp3) is 0.277. The van der Waals surface area contributed by atoms with E-state index in [1.54, 1.807) is 22.3 Å². The van der Waals surface area contributed by atoms with Gasteiger partial charge < -0.3 is 0 Å². The molecular formula is C47H40N2. The second-order valence-corrected chi connectivity index (χ2v) is 15.4. The monoisotopic (exact) mass is 632 g/mol. The summed E-state index contributed by atoms with van der Waals surface area (Å²) < 4.78 is 0. The van der Waals surface area contributed by atoms with E-state index in [9.17, 15) is 0 Å². The molecule has 4 bridgehead atoms. The normalized spacial score (nSPS) is 23.4. The van der Waals surface area contributed by atoms with E-state index < -0.39 is 5.41 Å². The van der Waals surface area contributed by atoms with Gasteiger partial charge in [-0.05, 0) is 156 Å². The summed E-state index contributed by atoms with van der Waals surface area (Å²) in [5.41, 5.74) is 17.4. The SMILES string of the molecule is c1cc(-c2ccc3c(c2)C2CCC3CC2)nc(C2(c3cccc(-c4ccc5c(c4)C4CCC5CC4)n3)c3ccccc3-c3ccccc32)c1. The first-order valence-corrected chi connectivity index (χ1v) is 18.7. The molecule has 49 heavy (non-hydrogen) atoms. The summed E-state index contributed by atoms with van der Waals surface area (Å²) in [6.45, 7) is 0. The van der Waals surface area contributed by atoms with Gasteiger partial charge in [0.15, 0.2) is 0 Å². The van der Waals surface area contributed by atoms with Crippen LogP contribution in [-0.4, -0.2) is 9.97 Å². The highest BCUT2D eigenvalue weighted by atomic mass is 14.8. The number of pyridine rings is 2. The highest BCUT2D eigenvalue weighted by Crippen LogP contribution is 2.56. The topological polar surface area (TPSA) is 25.8 Å². The predicted molar refractivity (Wildman–Crippen MR) is 198 cm³/mol. The number of hydrogen-bond donors (Lipinski definition) is 0. The van der Waals surface area contributed by atoms with Crippen LogP contribution in [0.5, 0.6) is 0 Å². The summed E-state index contributed by atoms with van der Waals surface area (Å²) in [5, 5.41) is 0. The van der Waals surface area contributed by atoms with Crippen molar-refractivity contribution >= 4 is 0 Å². The fourth-order valence-electron chi connectivity index (χ4n) is 10.9. The molecular weight excluding hydrogens is 593 g/mol. The number of benzene rings is 4. The molecule has 0 radical (unpaired) electrons. The van der Waals surface area contributed by atoms with E-state index in [-0.39, 0.29) is 0 Å². The van der Waals surface area contributed by atoms with E-state index in [4.69, 9.17) is 9.97 Å². The molecule has 0 N–H and O–H groups in total. The standard InChI is InChI=1S/C47H40N2/c1-3-9-41-37(7-1)38-8-2-4-10-42(38)47(41,45-13-5-11-43(48-45)33-23-25-35-29-15-19-31(20-16-29)39(35)27-33)46-14-6-12-44(49-46)34-24-26-36-30-17-21-32(22-18-30)40(36)28-34/h1-14,23-32H,15-22H2. The molecule has 0 aliphatic heterocycles. The lowest BCUT2D eigenvalue weighted by atomic mass is 9.67. The van der Waals surface area contributed by atoms with E-state index in [1.165, 1.54) is 84.7 Å². The number of nitrogens with zero attached hydrogens (tertiary/aromatic N) is 2. The number of hydrogen-bond acceptors (Lipinski definition) is 2. The van der Waals surface area contributed by atoms with Gasteiger partial charge in [0.1, 0.15) is 5.41 Å². The molecule has 2 heterocycles. The zero-order valence-corrected chi connectivity index (χ0v) is 27.9. The molecule has 0 spiro atoms. The zero-order valence-electron chi connectivity index (χ0n) is 27.9. The Morgan fingerprint density at radius 2 is 0.796 bits per heavy atom. The summed E-state index contributed by atoms with van der Waals surface area (Å²) in [5.74, 6) is 2.89. The summed E-state index contributed by atoms with van der Waals surface area (Å²) in [7, 11) is 0. The average molecular weight is 633 g/mol. The third kappa shape index (κ3) is 4.01. The van der Waals surface area contributed by atoms with Gasteiger partial charge in [0, 0.05) is 11.1 Å². The summed E-state index contributed by atoms with van der Waals surface area (Å²) >= 11 is 0. The molecule has 2 saturated carbocycles. The maximum absolute atomic E-state index is 5.63. The Kier molecular flexibility index (Phi) is 6.06. The van der Waals surface area contributed by atoms with Crippen LogP contribution in [0.2, 0.25) is 0 Å². The molecule has 238 valence electrons. The van der Waals surface area contributed by atoms with Crippen LogP contribution in [0, 0.1) is 0 Å². The van der Waals surface area contributed by atoms with Crippen molar-refractivity contribution in [2.75, 3.05) is 0 Å². The van der Waals surface area contributed by atoms with Gasteiger partial charge in [-0.2, -0.15) is 0 Å². The van der Waals surface area contributed by atoms with Crippen LogP contribution in [0.3, 0.4) is 0 Å². The first kappa shape index (κ1) is 28.1. The number of fused-ring (bicyclic) bond motifs is 7. The van der Waals surface area contributed by atoms with Crippen molar-refractivity contribution < 1.29 is 0 Å². The second-order valence-electron chi connectivity index (χ2n) is 15.4. The van der Waals surface area contributed by atoms with Crippen molar-refractivity contribution in [1.29, 1.82) is 0 Å². The number of rotatable bonds is 4. The van der Waals surface area contributed by atoms with E-state index >= 15 is 0 Å². The van der Waals surface area contributed by atoms with Crippen LogP contribution in [0.1, 0.15) is 120 Å². The molecule has 4 aromatic carbocycles. The molecule has 2 nitrogen and oxygen atoms in total. The van der Waals surface area contributed by atoms with Gasteiger partial charge in [0.05, 0.1) is 22.8 Å². The molecule has 7 aliphatic rings. The third-order valence-corrected chi connectivity index (χ3v) is 13.2. The largest absolute Gasteiger partial charge is 0.251 e. The Balaban J connectivity index is 1.11. The molecule has 0 unspecified atom stereocenters. The highest BCUT2D eigenvalue weighted by Gasteiger charge is 2.48. The molecule has 0 amide bonds. The van der Waals surface area contributed by atoms with Crippen LogP contribution in [0.25, 0.3) is 33.6 Å². The Labute approximate surface area is 289 Å². The van der Waals surface area contributed by atoms with Crippen molar-refractivity contribution in [1.82, 2.24) is 9.97 Å². The minimum atomic E-state index is -0.639. The summed E-state index contributed by atoms with van der Waals surface area (Å²) in [6, 6.07) is 45.7. The van der Waals surface area contributed by atoms with Gasteiger partial charge >= 0.3 is 0 Å². The first-order chi connectivity index (χ1) is 24.3. The lowest BCUT2D eigenvalue weighted by molar-refractivity contribution is 0.359. The van der Waals surface area contributed by atoms with E-state index in [2.05, 4.69) is 121 Å². The predicted octanol–water partition coefficient (Wildman–Crippen LogP) is 11.7. The smallest absolute Gasteiger partial charge is 0.106 e. The average Bonchev–Trinajstić information content (AvgIpc) is 3.50. The van der Waals surface area contributed by atoms with Crippen molar-refractivity contribution in [2.45, 2.75) is 80.5 Å². The Morgan fingerprint density at radius 3 is 1.24 bits per heavy atom. The van der Waals surface area contributed by atoms with Crippen LogP contribution in [0.4, 0.5) is 0 Å². The van der Waals surface area contributed by atoms with Gasteiger partial charge in [-0.15, -0.1) is 0 Å². The molecule has 0 saturated heterocycles. The van der Waals surface area contributed by atoms with Crippen LogP contribution in [-0.2, 0) is 5.41 Å². The second kappa shape index (κ2) is 10.6. The maximum atomic E-state index is 5.63. The van der Waals surface area contributed by atoms with Crippen LogP contribution < -0.4 is 0 Å². The summed E-state index contributed by atoms with van der Waals surface area (Å²) in [6.07, 6.45) is 10.7. The Bertz CT molecular complexity index is 2120. The minimum Gasteiger partial charge on any atom is -0.251 e. The van der Waals surface area contributed by atoms with E-state index in [0.717, 1.165) is 34.6 Å². The van der Waals surface area contributed by atoms with Crippen molar-refractivity contribution in [2.24, 2.45) is 0 Å². The van der Waals surface area contributed by atoms with Crippen LogP contribution >= 0.6 is 0 Å². The van der Waals surface area contributed by atoms with Gasteiger partial charge in [0.2, 0.25) is 0 Å². The first-order valence-electron chi connectivity index (χ1n) is 18.7. The molecule has 2 aromatic heterocycles. The minimum absolute atomic E-state index is 0.639. The zero-order chi connectivity index (χ0) is 32.1. The molecule has 0 atom stereocenters. The van der Waals surface area contributed by atoms with Crippen LogP contribution in [0.15, 0.2) is 121 Å². The van der Waals surface area contributed by atoms with Crippen molar-refractivity contribution in [3.05, 3.63) is 166 Å².